The van der Waals surface area contributed by atoms with E-state index < -0.39 is 0 Å². The Bertz CT molecular complexity index is 949. The van der Waals surface area contributed by atoms with E-state index in [4.69, 9.17) is 4.74 Å². The third kappa shape index (κ3) is 5.36. The van der Waals surface area contributed by atoms with Crippen molar-refractivity contribution in [1.29, 1.82) is 0 Å². The van der Waals surface area contributed by atoms with Crippen LogP contribution in [-0.4, -0.2) is 12.5 Å². The van der Waals surface area contributed by atoms with Crippen LogP contribution in [0.4, 0.5) is 11.4 Å². The Balaban J connectivity index is 1.49. The van der Waals surface area contributed by atoms with E-state index in [9.17, 15) is 4.79 Å². The molecule has 4 nitrogen and oxygen atoms in total. The minimum Gasteiger partial charge on any atom is -0.484 e. The molecule has 0 aromatic heterocycles. The van der Waals surface area contributed by atoms with Crippen molar-refractivity contribution < 1.29 is 9.53 Å². The van der Waals surface area contributed by atoms with Crippen LogP contribution < -0.4 is 15.4 Å². The van der Waals surface area contributed by atoms with Gasteiger partial charge in [0.25, 0.3) is 5.91 Å². The molecule has 0 aliphatic carbocycles. The molecule has 3 rings (SSSR count). The molecule has 0 saturated heterocycles. The maximum atomic E-state index is 12.0. The van der Waals surface area contributed by atoms with Gasteiger partial charge in [-0.15, -0.1) is 0 Å². The van der Waals surface area contributed by atoms with Gasteiger partial charge in [0.05, 0.1) is 0 Å². The summed E-state index contributed by atoms with van der Waals surface area (Å²) >= 11 is 0. The van der Waals surface area contributed by atoms with Gasteiger partial charge in [-0.25, -0.2) is 0 Å². The lowest BCUT2D eigenvalue weighted by molar-refractivity contribution is -0.118. The lowest BCUT2D eigenvalue weighted by Crippen LogP contribution is -2.20. The van der Waals surface area contributed by atoms with Crippen molar-refractivity contribution >= 4 is 17.3 Å². The highest BCUT2D eigenvalue weighted by atomic mass is 16.5. The maximum Gasteiger partial charge on any atom is 0.262 e. The van der Waals surface area contributed by atoms with Crippen LogP contribution in [0.15, 0.2) is 66.7 Å². The van der Waals surface area contributed by atoms with Gasteiger partial charge >= 0.3 is 0 Å². The molecule has 0 heterocycles. The fourth-order valence-corrected chi connectivity index (χ4v) is 2.91. The SMILES string of the molecule is Cc1cccc(NC(=O)COc2ccc(CNc3cccc(C)c3C)cc2)c1. The molecule has 0 unspecified atom stereocenters. The molecule has 0 aliphatic heterocycles. The van der Waals surface area contributed by atoms with Gasteiger partial charge in [0, 0.05) is 17.9 Å². The van der Waals surface area contributed by atoms with Crippen LogP contribution in [0.5, 0.6) is 5.75 Å². The number of hydrogen-bond donors (Lipinski definition) is 2. The summed E-state index contributed by atoms with van der Waals surface area (Å²) in [4.78, 5) is 12.0. The van der Waals surface area contributed by atoms with E-state index in [2.05, 4.69) is 42.7 Å². The van der Waals surface area contributed by atoms with Gasteiger partial charge in [-0.2, -0.15) is 0 Å². The zero-order valence-corrected chi connectivity index (χ0v) is 16.6. The second kappa shape index (κ2) is 9.09. The Labute approximate surface area is 166 Å². The summed E-state index contributed by atoms with van der Waals surface area (Å²) in [5.41, 5.74) is 6.72. The third-order valence-electron chi connectivity index (χ3n) is 4.68. The van der Waals surface area contributed by atoms with E-state index in [1.807, 2.05) is 55.5 Å². The smallest absolute Gasteiger partial charge is 0.262 e. The number of ether oxygens (including phenoxy) is 1. The second-order valence-electron chi connectivity index (χ2n) is 6.95. The van der Waals surface area contributed by atoms with Crippen LogP contribution in [0.1, 0.15) is 22.3 Å². The molecule has 2 N–H and O–H groups in total. The number of benzene rings is 3. The average molecular weight is 374 g/mol. The highest BCUT2D eigenvalue weighted by Gasteiger charge is 2.05. The number of hydrogen-bond acceptors (Lipinski definition) is 3. The molecule has 144 valence electrons. The van der Waals surface area contributed by atoms with E-state index >= 15 is 0 Å². The van der Waals surface area contributed by atoms with Crippen molar-refractivity contribution in [2.24, 2.45) is 0 Å². The van der Waals surface area contributed by atoms with Crippen molar-refractivity contribution in [2.75, 3.05) is 17.2 Å². The number of rotatable bonds is 7. The van der Waals surface area contributed by atoms with E-state index in [0.29, 0.717) is 5.75 Å². The monoisotopic (exact) mass is 374 g/mol. The summed E-state index contributed by atoms with van der Waals surface area (Å²) in [6.45, 7) is 6.94. The second-order valence-corrected chi connectivity index (χ2v) is 6.95. The molecule has 28 heavy (non-hydrogen) atoms. The number of amides is 1. The molecular formula is C24H26N2O2. The van der Waals surface area contributed by atoms with Crippen LogP contribution >= 0.6 is 0 Å². The minimum atomic E-state index is -0.175. The zero-order chi connectivity index (χ0) is 19.9. The van der Waals surface area contributed by atoms with Crippen molar-refractivity contribution in [1.82, 2.24) is 0 Å². The van der Waals surface area contributed by atoms with Gasteiger partial charge in [0.1, 0.15) is 5.75 Å². The summed E-state index contributed by atoms with van der Waals surface area (Å²) in [5.74, 6) is 0.501. The highest BCUT2D eigenvalue weighted by Crippen LogP contribution is 2.19. The largest absolute Gasteiger partial charge is 0.484 e. The minimum absolute atomic E-state index is 0.0198. The average Bonchev–Trinajstić information content (AvgIpc) is 2.68. The summed E-state index contributed by atoms with van der Waals surface area (Å²) in [5, 5.41) is 6.31. The van der Waals surface area contributed by atoms with Crippen LogP contribution in [0, 0.1) is 20.8 Å². The summed E-state index contributed by atoms with van der Waals surface area (Å²) < 4.78 is 5.59. The first-order valence-electron chi connectivity index (χ1n) is 9.39. The Morgan fingerprint density at radius 1 is 0.929 bits per heavy atom. The number of carbonyl (C=O) groups is 1. The van der Waals surface area contributed by atoms with Gasteiger partial charge < -0.3 is 15.4 Å². The zero-order valence-electron chi connectivity index (χ0n) is 16.6. The molecule has 3 aromatic rings. The normalized spacial score (nSPS) is 10.4. The van der Waals surface area contributed by atoms with Gasteiger partial charge in [0.2, 0.25) is 0 Å². The molecule has 0 radical (unpaired) electrons. The lowest BCUT2D eigenvalue weighted by atomic mass is 10.1. The summed E-state index contributed by atoms with van der Waals surface area (Å²) in [6.07, 6.45) is 0. The molecule has 4 heteroatoms. The first-order chi connectivity index (χ1) is 13.5. The number of nitrogens with one attached hydrogen (secondary N) is 2. The number of carbonyl (C=O) groups excluding carboxylic acids is 1. The fourth-order valence-electron chi connectivity index (χ4n) is 2.91. The molecule has 0 saturated carbocycles. The van der Waals surface area contributed by atoms with Crippen molar-refractivity contribution in [3.05, 3.63) is 89.0 Å². The standard InChI is InChI=1S/C24H26N2O2/c1-17-6-4-8-21(14-17)26-24(27)16-28-22-12-10-20(11-13-22)15-25-23-9-5-7-18(2)19(23)3/h4-14,25H,15-16H2,1-3H3,(H,26,27). The maximum absolute atomic E-state index is 12.0. The quantitative estimate of drug-likeness (QED) is 0.594. The Morgan fingerprint density at radius 3 is 2.43 bits per heavy atom. The first kappa shape index (κ1) is 19.5. The van der Waals surface area contributed by atoms with Crippen molar-refractivity contribution in [2.45, 2.75) is 27.3 Å². The predicted octanol–water partition coefficient (Wildman–Crippen LogP) is 5.24. The lowest BCUT2D eigenvalue weighted by Gasteiger charge is -2.12. The van der Waals surface area contributed by atoms with Crippen LogP contribution in [0.25, 0.3) is 0 Å². The van der Waals surface area contributed by atoms with Crippen molar-refractivity contribution in [3.63, 3.8) is 0 Å². The highest BCUT2D eigenvalue weighted by molar-refractivity contribution is 5.91. The fraction of sp³-hybridized carbons (Fsp3) is 0.208. The van der Waals surface area contributed by atoms with Gasteiger partial charge in [-0.05, 0) is 73.4 Å². The molecule has 0 aliphatic rings. The first-order valence-corrected chi connectivity index (χ1v) is 9.39. The Kier molecular flexibility index (Phi) is 6.33. The summed E-state index contributed by atoms with van der Waals surface area (Å²) in [6, 6.07) is 21.7. The van der Waals surface area contributed by atoms with Gasteiger partial charge in [0.15, 0.2) is 6.61 Å². The van der Waals surface area contributed by atoms with E-state index in [-0.39, 0.29) is 12.5 Å². The Morgan fingerprint density at radius 2 is 1.68 bits per heavy atom. The topological polar surface area (TPSA) is 50.4 Å². The van der Waals surface area contributed by atoms with E-state index in [1.54, 1.807) is 0 Å². The van der Waals surface area contributed by atoms with Gasteiger partial charge in [-0.1, -0.05) is 36.4 Å². The Hall–Kier alpha value is -3.27. The molecular weight excluding hydrogens is 348 g/mol. The third-order valence-corrected chi connectivity index (χ3v) is 4.68. The van der Waals surface area contributed by atoms with E-state index in [0.717, 1.165) is 29.0 Å². The molecule has 3 aromatic carbocycles. The molecule has 0 fully saturated rings. The van der Waals surface area contributed by atoms with Crippen molar-refractivity contribution in [3.8, 4) is 5.75 Å². The van der Waals surface area contributed by atoms with Gasteiger partial charge in [-0.3, -0.25) is 4.79 Å². The number of anilines is 2. The van der Waals surface area contributed by atoms with Crippen LogP contribution in [0.3, 0.4) is 0 Å². The molecule has 0 atom stereocenters. The predicted molar refractivity (Wildman–Crippen MR) is 115 cm³/mol. The number of aryl methyl sites for hydroxylation is 2. The molecule has 1 amide bonds. The molecule has 0 spiro atoms. The van der Waals surface area contributed by atoms with Crippen LogP contribution in [-0.2, 0) is 11.3 Å². The van der Waals surface area contributed by atoms with Crippen LogP contribution in [0.2, 0.25) is 0 Å². The summed E-state index contributed by atoms with van der Waals surface area (Å²) in [7, 11) is 0. The molecule has 0 bridgehead atoms. The van der Waals surface area contributed by atoms with E-state index in [1.165, 1.54) is 11.1 Å².